The molecule has 1 N–H and O–H groups in total. The molecule has 0 fully saturated rings. The van der Waals surface area contributed by atoms with Gasteiger partial charge in [0.1, 0.15) is 12.2 Å². The molecule has 1 aromatic rings. The summed E-state index contributed by atoms with van der Waals surface area (Å²) in [5, 5.41) is 13.8. The molecule has 2 amide bonds. The van der Waals surface area contributed by atoms with E-state index in [1.165, 1.54) is 6.07 Å². The van der Waals surface area contributed by atoms with E-state index in [0.717, 1.165) is 13.2 Å². The molecule has 2 rings (SSSR count). The van der Waals surface area contributed by atoms with Crippen LogP contribution in [0.1, 0.15) is 31.9 Å². The van der Waals surface area contributed by atoms with Crippen LogP contribution >= 0.6 is 0 Å². The summed E-state index contributed by atoms with van der Waals surface area (Å²) in [6.07, 6.45) is -6.00. The Hall–Kier alpha value is -3.58. The number of carbonyl (C=O) groups is 3. The van der Waals surface area contributed by atoms with E-state index in [4.69, 9.17) is 9.47 Å². The molecule has 11 nitrogen and oxygen atoms in total. The van der Waals surface area contributed by atoms with Gasteiger partial charge >= 0.3 is 29.8 Å². The van der Waals surface area contributed by atoms with Crippen LogP contribution in [0.15, 0.2) is 12.1 Å². The maximum absolute atomic E-state index is 12.7. The Morgan fingerprint density at radius 2 is 1.85 bits per heavy atom. The molecule has 0 radical (unpaired) electrons. The molecular formula is C20H24F3N3O8. The third-order valence-electron chi connectivity index (χ3n) is 4.60. The summed E-state index contributed by atoms with van der Waals surface area (Å²) in [7, 11) is 1.07. The Morgan fingerprint density at radius 3 is 2.38 bits per heavy atom. The average Bonchev–Trinajstić information content (AvgIpc) is 2.72. The first kappa shape index (κ1) is 26.7. The van der Waals surface area contributed by atoms with Crippen LogP contribution in [-0.2, 0) is 32.0 Å². The molecule has 0 saturated carbocycles. The molecule has 1 aromatic carbocycles. The maximum Gasteiger partial charge on any atom is 0.471 e. The fourth-order valence-corrected chi connectivity index (χ4v) is 3.12. The number of halogens is 3. The Balaban J connectivity index is 2.23. The molecule has 188 valence electrons. The number of benzene rings is 1. The second-order valence-electron chi connectivity index (χ2n) is 8.35. The van der Waals surface area contributed by atoms with Crippen LogP contribution in [0.25, 0.3) is 0 Å². The van der Waals surface area contributed by atoms with Gasteiger partial charge < -0.3 is 24.4 Å². The van der Waals surface area contributed by atoms with Crippen molar-refractivity contribution in [1.29, 1.82) is 0 Å². The van der Waals surface area contributed by atoms with Gasteiger partial charge in [-0.2, -0.15) is 13.2 Å². The number of nitro benzene ring substituents is 1. The number of alkyl halides is 3. The largest absolute Gasteiger partial charge is 0.484 e. The van der Waals surface area contributed by atoms with Crippen LogP contribution in [0.4, 0.5) is 23.7 Å². The zero-order valence-electron chi connectivity index (χ0n) is 18.9. The van der Waals surface area contributed by atoms with Gasteiger partial charge in [-0.05, 0) is 44.4 Å². The van der Waals surface area contributed by atoms with E-state index >= 15 is 0 Å². The van der Waals surface area contributed by atoms with Crippen LogP contribution < -0.4 is 10.1 Å². The van der Waals surface area contributed by atoms with Crippen LogP contribution in [0.2, 0.25) is 0 Å². The van der Waals surface area contributed by atoms with Crippen molar-refractivity contribution in [3.8, 4) is 5.75 Å². The number of rotatable bonds is 6. The third kappa shape index (κ3) is 6.96. The van der Waals surface area contributed by atoms with Gasteiger partial charge in [-0.15, -0.1) is 0 Å². The SMILES string of the molecule is COC(=O)C(COc1cc2c(cc1[N+](=O)[O-])CN(C(=O)C(F)(F)F)CC2)NC(=O)OC(C)(C)C. The third-order valence-corrected chi connectivity index (χ3v) is 4.60. The van der Waals surface area contributed by atoms with Gasteiger partial charge in [0, 0.05) is 19.2 Å². The quantitative estimate of drug-likeness (QED) is 0.364. The molecular weight excluding hydrogens is 467 g/mol. The van der Waals surface area contributed by atoms with Crippen molar-refractivity contribution in [2.24, 2.45) is 0 Å². The Kier molecular flexibility index (Phi) is 7.95. The highest BCUT2D eigenvalue weighted by molar-refractivity contribution is 5.82. The number of hydrogen-bond donors (Lipinski definition) is 1. The standard InChI is InChI=1S/C20H24F3N3O8/c1-19(2,3)34-18(29)24-13(16(27)32-4)10-33-15-8-11-5-6-25(17(28)20(21,22)23)9-12(11)7-14(15)26(30)31/h7-8,13H,5-6,9-10H2,1-4H3,(H,24,29). The van der Waals surface area contributed by atoms with E-state index in [1.54, 1.807) is 20.8 Å². The van der Waals surface area contributed by atoms with Crippen molar-refractivity contribution in [2.75, 3.05) is 20.3 Å². The van der Waals surface area contributed by atoms with Crippen molar-refractivity contribution in [2.45, 2.75) is 51.6 Å². The van der Waals surface area contributed by atoms with Gasteiger partial charge in [0.25, 0.3) is 0 Å². The zero-order valence-corrected chi connectivity index (χ0v) is 18.9. The maximum atomic E-state index is 12.7. The lowest BCUT2D eigenvalue weighted by Gasteiger charge is -2.29. The molecule has 34 heavy (non-hydrogen) atoms. The summed E-state index contributed by atoms with van der Waals surface area (Å²) in [5.41, 5.74) is -0.827. The number of hydrogen-bond acceptors (Lipinski definition) is 8. The predicted octanol–water partition coefficient (Wildman–Crippen LogP) is 2.49. The summed E-state index contributed by atoms with van der Waals surface area (Å²) in [4.78, 5) is 46.8. The van der Waals surface area contributed by atoms with E-state index in [1.807, 2.05) is 0 Å². The first-order valence-electron chi connectivity index (χ1n) is 9.98. The lowest BCUT2D eigenvalue weighted by molar-refractivity contribution is -0.386. The number of fused-ring (bicyclic) bond motifs is 1. The van der Waals surface area contributed by atoms with Crippen molar-refractivity contribution in [3.63, 3.8) is 0 Å². The summed E-state index contributed by atoms with van der Waals surface area (Å²) in [6, 6.07) is 0.926. The second kappa shape index (κ2) is 10.1. The minimum absolute atomic E-state index is 0.00208. The van der Waals surface area contributed by atoms with Crippen molar-refractivity contribution < 1.29 is 46.7 Å². The van der Waals surface area contributed by atoms with Gasteiger partial charge in [-0.3, -0.25) is 14.9 Å². The molecule has 0 aliphatic carbocycles. The van der Waals surface area contributed by atoms with Crippen molar-refractivity contribution in [3.05, 3.63) is 33.4 Å². The molecule has 0 aromatic heterocycles. The summed E-state index contributed by atoms with van der Waals surface area (Å²) < 4.78 is 53.3. The molecule has 14 heteroatoms. The van der Waals surface area contributed by atoms with E-state index in [0.29, 0.717) is 10.5 Å². The van der Waals surface area contributed by atoms with Gasteiger partial charge in [0.05, 0.1) is 12.0 Å². The molecule has 1 atom stereocenters. The lowest BCUT2D eigenvalue weighted by Crippen LogP contribution is -2.47. The highest BCUT2D eigenvalue weighted by atomic mass is 19.4. The highest BCUT2D eigenvalue weighted by Crippen LogP contribution is 2.34. The summed E-state index contributed by atoms with van der Waals surface area (Å²) in [5.74, 6) is -3.19. The Labute approximate surface area is 192 Å². The summed E-state index contributed by atoms with van der Waals surface area (Å²) >= 11 is 0. The first-order valence-corrected chi connectivity index (χ1v) is 9.98. The molecule has 0 spiro atoms. The molecule has 1 aliphatic heterocycles. The normalized spacial score (nSPS) is 14.5. The number of nitrogens with zero attached hydrogens (tertiary/aromatic N) is 2. The highest BCUT2D eigenvalue weighted by Gasteiger charge is 2.43. The number of methoxy groups -OCH3 is 1. The lowest BCUT2D eigenvalue weighted by atomic mass is 9.98. The topological polar surface area (TPSA) is 137 Å². The van der Waals surface area contributed by atoms with E-state index in [9.17, 15) is 37.7 Å². The Bertz CT molecular complexity index is 975. The average molecular weight is 491 g/mol. The molecule has 1 unspecified atom stereocenters. The summed E-state index contributed by atoms with van der Waals surface area (Å²) in [6.45, 7) is 3.57. The number of esters is 1. The second-order valence-corrected chi connectivity index (χ2v) is 8.35. The van der Waals surface area contributed by atoms with E-state index < -0.39 is 59.6 Å². The van der Waals surface area contributed by atoms with Crippen molar-refractivity contribution >= 4 is 23.7 Å². The molecule has 1 aliphatic rings. The monoisotopic (exact) mass is 491 g/mol. The van der Waals surface area contributed by atoms with Gasteiger partial charge in [-0.1, -0.05) is 0 Å². The number of alkyl carbamates (subject to hydrolysis) is 1. The first-order chi connectivity index (χ1) is 15.6. The number of ether oxygens (including phenoxy) is 3. The van der Waals surface area contributed by atoms with Gasteiger partial charge in [0.2, 0.25) is 0 Å². The van der Waals surface area contributed by atoms with E-state index in [2.05, 4.69) is 10.1 Å². The van der Waals surface area contributed by atoms with Gasteiger partial charge in [0.15, 0.2) is 11.8 Å². The number of nitrogens with one attached hydrogen (secondary N) is 1. The fourth-order valence-electron chi connectivity index (χ4n) is 3.12. The minimum Gasteiger partial charge on any atom is -0.484 e. The van der Waals surface area contributed by atoms with Crippen LogP contribution in [-0.4, -0.2) is 65.9 Å². The van der Waals surface area contributed by atoms with Crippen molar-refractivity contribution in [1.82, 2.24) is 10.2 Å². The molecule has 1 heterocycles. The minimum atomic E-state index is -5.06. The molecule has 0 saturated heterocycles. The predicted molar refractivity (Wildman–Crippen MR) is 109 cm³/mol. The zero-order chi connectivity index (χ0) is 25.8. The fraction of sp³-hybridized carbons (Fsp3) is 0.550. The van der Waals surface area contributed by atoms with Crippen LogP contribution in [0.3, 0.4) is 0 Å². The smallest absolute Gasteiger partial charge is 0.471 e. The van der Waals surface area contributed by atoms with E-state index in [-0.39, 0.29) is 24.3 Å². The van der Waals surface area contributed by atoms with Crippen LogP contribution in [0.5, 0.6) is 5.75 Å². The number of amides is 2. The van der Waals surface area contributed by atoms with Crippen LogP contribution in [0, 0.1) is 10.1 Å². The number of nitro groups is 1. The number of carbonyl (C=O) groups excluding carboxylic acids is 3. The molecule has 0 bridgehead atoms. The Morgan fingerprint density at radius 1 is 1.21 bits per heavy atom. The van der Waals surface area contributed by atoms with Gasteiger partial charge in [-0.25, -0.2) is 9.59 Å².